The molecule has 1 aliphatic heterocycles. The molecular weight excluding hydrogens is 314 g/mol. The fourth-order valence-corrected chi connectivity index (χ4v) is 3.79. The van der Waals surface area contributed by atoms with Gasteiger partial charge in [-0.1, -0.05) is 30.3 Å². The minimum Gasteiger partial charge on any atom is -0.352 e. The van der Waals surface area contributed by atoms with Crippen LogP contribution in [0.5, 0.6) is 0 Å². The number of rotatable bonds is 5. The summed E-state index contributed by atoms with van der Waals surface area (Å²) in [7, 11) is -3.16. The molecule has 1 atom stereocenters. The van der Waals surface area contributed by atoms with Crippen LogP contribution in [0.2, 0.25) is 0 Å². The summed E-state index contributed by atoms with van der Waals surface area (Å²) in [6, 6.07) is 9.67. The molecule has 1 unspecified atom stereocenters. The van der Waals surface area contributed by atoms with E-state index in [2.05, 4.69) is 10.2 Å². The summed E-state index contributed by atoms with van der Waals surface area (Å²) >= 11 is 0. The van der Waals surface area contributed by atoms with Crippen LogP contribution in [0.25, 0.3) is 0 Å². The van der Waals surface area contributed by atoms with Crippen molar-refractivity contribution in [1.29, 1.82) is 0 Å². The Hall–Kier alpha value is -1.44. The second kappa shape index (κ2) is 6.59. The third kappa shape index (κ3) is 4.10. The normalized spacial score (nSPS) is 21.8. The zero-order chi connectivity index (χ0) is 16.4. The van der Waals surface area contributed by atoms with Gasteiger partial charge in [-0.2, -0.15) is 4.31 Å². The maximum atomic E-state index is 12.7. The number of nitrogens with zero attached hydrogens (tertiary/aromatic N) is 2. The minimum absolute atomic E-state index is 0.0199. The van der Waals surface area contributed by atoms with Crippen molar-refractivity contribution >= 4 is 15.9 Å². The number of carbonyl (C=O) groups is 1. The molecule has 1 amide bonds. The number of sulfonamides is 1. The highest BCUT2D eigenvalue weighted by Gasteiger charge is 2.34. The lowest BCUT2D eigenvalue weighted by molar-refractivity contribution is -0.127. The Labute approximate surface area is 137 Å². The van der Waals surface area contributed by atoms with Crippen LogP contribution < -0.4 is 5.32 Å². The van der Waals surface area contributed by atoms with Gasteiger partial charge in [0.15, 0.2) is 0 Å². The summed E-state index contributed by atoms with van der Waals surface area (Å²) in [6.07, 6.45) is 3.33. The van der Waals surface area contributed by atoms with Crippen LogP contribution in [-0.2, 0) is 14.8 Å². The second-order valence-corrected chi connectivity index (χ2v) is 8.28. The first-order valence-corrected chi connectivity index (χ1v) is 9.84. The zero-order valence-electron chi connectivity index (χ0n) is 13.3. The van der Waals surface area contributed by atoms with Gasteiger partial charge in [0, 0.05) is 32.2 Å². The van der Waals surface area contributed by atoms with E-state index >= 15 is 0 Å². The molecule has 0 aromatic heterocycles. The quantitative estimate of drug-likeness (QED) is 0.853. The monoisotopic (exact) mass is 337 g/mol. The summed E-state index contributed by atoms with van der Waals surface area (Å²) in [4.78, 5) is 14.8. The summed E-state index contributed by atoms with van der Waals surface area (Å²) in [5, 5.41) is 3.08. The molecule has 6 nitrogen and oxygen atoms in total. The van der Waals surface area contributed by atoms with Crippen molar-refractivity contribution in [1.82, 2.24) is 14.5 Å². The predicted octanol–water partition coefficient (Wildman–Crippen LogP) is 0.584. The molecule has 1 aliphatic carbocycles. The van der Waals surface area contributed by atoms with E-state index in [1.54, 1.807) is 0 Å². The van der Waals surface area contributed by atoms with E-state index < -0.39 is 10.0 Å². The van der Waals surface area contributed by atoms with Crippen molar-refractivity contribution in [3.8, 4) is 0 Å². The Balaban J connectivity index is 1.75. The Morgan fingerprint density at radius 2 is 1.74 bits per heavy atom. The Morgan fingerprint density at radius 3 is 2.26 bits per heavy atom. The number of nitrogens with one attached hydrogen (secondary N) is 1. The van der Waals surface area contributed by atoms with Crippen molar-refractivity contribution in [3.63, 3.8) is 0 Å². The van der Waals surface area contributed by atoms with E-state index in [1.165, 1.54) is 10.6 Å². The molecule has 1 heterocycles. The van der Waals surface area contributed by atoms with Gasteiger partial charge in [0.25, 0.3) is 0 Å². The minimum atomic E-state index is -3.16. The van der Waals surface area contributed by atoms with Gasteiger partial charge in [0.2, 0.25) is 15.9 Å². The number of amides is 1. The Morgan fingerprint density at radius 1 is 1.13 bits per heavy atom. The number of hydrogen-bond acceptors (Lipinski definition) is 4. The van der Waals surface area contributed by atoms with Gasteiger partial charge >= 0.3 is 0 Å². The number of carbonyl (C=O) groups excluding carboxylic acids is 1. The largest absolute Gasteiger partial charge is 0.352 e. The average molecular weight is 337 g/mol. The molecule has 0 bridgehead atoms. The lowest BCUT2D eigenvalue weighted by Crippen LogP contribution is -2.52. The Bertz CT molecular complexity index is 650. The van der Waals surface area contributed by atoms with E-state index in [0.717, 1.165) is 18.4 Å². The van der Waals surface area contributed by atoms with Crippen LogP contribution in [0.3, 0.4) is 0 Å². The van der Waals surface area contributed by atoms with Crippen LogP contribution >= 0.6 is 0 Å². The van der Waals surface area contributed by atoms with Crippen molar-refractivity contribution in [2.75, 3.05) is 32.4 Å². The SMILES string of the molecule is CS(=O)(=O)N1CCN(C(C(=O)NC2CC2)c2ccccc2)CC1. The molecular formula is C16H23N3O3S. The molecule has 3 rings (SSSR count). The van der Waals surface area contributed by atoms with E-state index in [9.17, 15) is 13.2 Å². The highest BCUT2D eigenvalue weighted by atomic mass is 32.2. The third-order valence-electron chi connectivity index (χ3n) is 4.39. The van der Waals surface area contributed by atoms with Crippen molar-refractivity contribution in [3.05, 3.63) is 35.9 Å². The molecule has 1 saturated heterocycles. The first kappa shape index (κ1) is 16.4. The predicted molar refractivity (Wildman–Crippen MR) is 88.3 cm³/mol. The number of benzene rings is 1. The van der Waals surface area contributed by atoms with E-state index in [1.807, 2.05) is 30.3 Å². The standard InChI is InChI=1S/C16H23N3O3S/c1-23(21,22)19-11-9-18(10-12-19)15(13-5-3-2-4-6-13)16(20)17-14-7-8-14/h2-6,14-15H,7-12H2,1H3,(H,17,20). The molecule has 2 aliphatic rings. The first-order chi connectivity index (χ1) is 10.9. The molecule has 0 spiro atoms. The fourth-order valence-electron chi connectivity index (χ4n) is 2.96. The lowest BCUT2D eigenvalue weighted by atomic mass is 10.0. The summed E-state index contributed by atoms with van der Waals surface area (Å²) in [5.74, 6) is 0.0199. The smallest absolute Gasteiger partial charge is 0.242 e. The van der Waals surface area contributed by atoms with Crippen molar-refractivity contribution in [2.24, 2.45) is 0 Å². The molecule has 1 N–H and O–H groups in total. The molecule has 1 aromatic rings. The third-order valence-corrected chi connectivity index (χ3v) is 5.70. The highest BCUT2D eigenvalue weighted by molar-refractivity contribution is 7.88. The molecule has 2 fully saturated rings. The van der Waals surface area contributed by atoms with Gasteiger partial charge in [-0.3, -0.25) is 9.69 Å². The molecule has 126 valence electrons. The average Bonchev–Trinajstić information content (AvgIpc) is 3.32. The fraction of sp³-hybridized carbons (Fsp3) is 0.562. The van der Waals surface area contributed by atoms with Crippen LogP contribution in [-0.4, -0.2) is 62.0 Å². The molecule has 23 heavy (non-hydrogen) atoms. The van der Waals surface area contributed by atoms with Crippen molar-refractivity contribution in [2.45, 2.75) is 24.9 Å². The van der Waals surface area contributed by atoms with Crippen molar-refractivity contribution < 1.29 is 13.2 Å². The number of piperazine rings is 1. The Kier molecular flexibility index (Phi) is 4.70. The zero-order valence-corrected chi connectivity index (χ0v) is 14.1. The van der Waals surface area contributed by atoms with Gasteiger partial charge in [0.05, 0.1) is 6.26 Å². The maximum absolute atomic E-state index is 12.7. The van der Waals surface area contributed by atoms with Gasteiger partial charge in [-0.25, -0.2) is 8.42 Å². The highest BCUT2D eigenvalue weighted by Crippen LogP contribution is 2.26. The van der Waals surface area contributed by atoms with E-state index in [-0.39, 0.29) is 11.9 Å². The van der Waals surface area contributed by atoms with E-state index in [0.29, 0.717) is 32.2 Å². The summed E-state index contributed by atoms with van der Waals surface area (Å²) in [5.41, 5.74) is 0.957. The van der Waals surface area contributed by atoms with Crippen LogP contribution in [0.15, 0.2) is 30.3 Å². The van der Waals surface area contributed by atoms with E-state index in [4.69, 9.17) is 0 Å². The number of hydrogen-bond donors (Lipinski definition) is 1. The molecule has 7 heteroatoms. The maximum Gasteiger partial charge on any atom is 0.242 e. The second-order valence-electron chi connectivity index (χ2n) is 6.29. The topological polar surface area (TPSA) is 69.7 Å². The molecule has 1 saturated carbocycles. The molecule has 1 aromatic carbocycles. The lowest BCUT2D eigenvalue weighted by Gasteiger charge is -2.37. The van der Waals surface area contributed by atoms with Crippen LogP contribution in [0, 0.1) is 0 Å². The van der Waals surface area contributed by atoms with Gasteiger partial charge in [0.1, 0.15) is 6.04 Å². The van der Waals surface area contributed by atoms with Gasteiger partial charge < -0.3 is 5.32 Å². The van der Waals surface area contributed by atoms with Gasteiger partial charge in [-0.15, -0.1) is 0 Å². The van der Waals surface area contributed by atoms with Gasteiger partial charge in [-0.05, 0) is 18.4 Å². The summed E-state index contributed by atoms with van der Waals surface area (Å²) in [6.45, 7) is 1.98. The summed E-state index contributed by atoms with van der Waals surface area (Å²) < 4.78 is 24.8. The van der Waals surface area contributed by atoms with Crippen LogP contribution in [0.1, 0.15) is 24.4 Å². The van der Waals surface area contributed by atoms with Crippen LogP contribution in [0.4, 0.5) is 0 Å². The first-order valence-electron chi connectivity index (χ1n) is 7.99. The molecule has 0 radical (unpaired) electrons.